The van der Waals surface area contributed by atoms with E-state index in [9.17, 15) is 9.90 Å². The number of ether oxygens (including phenoxy) is 1. The number of benzene rings is 2. The normalized spacial score (nSPS) is 11.0. The monoisotopic (exact) mass is 314 g/mol. The molecule has 122 valence electrons. The second-order valence-corrected chi connectivity index (χ2v) is 6.27. The molecule has 0 aliphatic heterocycles. The summed E-state index contributed by atoms with van der Waals surface area (Å²) in [4.78, 5) is 12.1. The number of amides is 2. The van der Waals surface area contributed by atoms with Crippen molar-refractivity contribution >= 4 is 17.4 Å². The van der Waals surface area contributed by atoms with E-state index in [2.05, 4.69) is 10.6 Å². The number of nitrogens with one attached hydrogen (secondary N) is 2. The summed E-state index contributed by atoms with van der Waals surface area (Å²) in [6.45, 7) is 5.94. The van der Waals surface area contributed by atoms with Crippen molar-refractivity contribution in [2.75, 3.05) is 17.7 Å². The van der Waals surface area contributed by atoms with Gasteiger partial charge in [0.15, 0.2) is 0 Å². The average Bonchev–Trinajstić information content (AvgIpc) is 2.49. The molecule has 0 saturated carbocycles. The van der Waals surface area contributed by atoms with Crippen molar-refractivity contribution in [3.05, 3.63) is 48.0 Å². The lowest BCUT2D eigenvalue weighted by Gasteiger charge is -2.23. The summed E-state index contributed by atoms with van der Waals surface area (Å²) in [6, 6.07) is 12.0. The van der Waals surface area contributed by atoms with Crippen LogP contribution in [-0.4, -0.2) is 18.2 Å². The molecule has 0 saturated heterocycles. The molecule has 3 N–H and O–H groups in total. The van der Waals surface area contributed by atoms with Gasteiger partial charge in [0.2, 0.25) is 0 Å². The first-order valence-electron chi connectivity index (χ1n) is 7.36. The number of carbonyl (C=O) groups is 1. The molecule has 0 spiro atoms. The van der Waals surface area contributed by atoms with Gasteiger partial charge in [-0.3, -0.25) is 0 Å². The SMILES string of the molecule is COc1cc(NC(=O)Nc2ccccc2)c(O)c(C(C)(C)C)c1. The van der Waals surface area contributed by atoms with Crippen molar-refractivity contribution in [2.45, 2.75) is 26.2 Å². The van der Waals surface area contributed by atoms with Crippen LogP contribution in [-0.2, 0) is 5.41 Å². The van der Waals surface area contributed by atoms with Crippen molar-refractivity contribution < 1.29 is 14.6 Å². The molecule has 2 aromatic rings. The summed E-state index contributed by atoms with van der Waals surface area (Å²) in [5, 5.41) is 15.8. The molecule has 0 unspecified atom stereocenters. The van der Waals surface area contributed by atoms with Crippen molar-refractivity contribution in [1.29, 1.82) is 0 Å². The minimum absolute atomic E-state index is 0.0431. The van der Waals surface area contributed by atoms with Gasteiger partial charge in [0.1, 0.15) is 11.5 Å². The van der Waals surface area contributed by atoms with Gasteiger partial charge in [-0.15, -0.1) is 0 Å². The largest absolute Gasteiger partial charge is 0.505 e. The fourth-order valence-corrected chi connectivity index (χ4v) is 2.20. The van der Waals surface area contributed by atoms with Gasteiger partial charge in [0.05, 0.1) is 12.8 Å². The van der Waals surface area contributed by atoms with Gasteiger partial charge >= 0.3 is 6.03 Å². The summed E-state index contributed by atoms with van der Waals surface area (Å²) < 4.78 is 5.26. The van der Waals surface area contributed by atoms with Gasteiger partial charge in [-0.1, -0.05) is 39.0 Å². The Morgan fingerprint density at radius 1 is 1.09 bits per heavy atom. The van der Waals surface area contributed by atoms with E-state index in [1.165, 1.54) is 0 Å². The molecule has 5 heteroatoms. The van der Waals surface area contributed by atoms with Crippen molar-refractivity contribution in [3.8, 4) is 11.5 Å². The molecular formula is C18H22N2O3. The molecule has 0 aliphatic carbocycles. The van der Waals surface area contributed by atoms with Crippen LogP contribution in [0.15, 0.2) is 42.5 Å². The first kappa shape index (κ1) is 16.7. The highest BCUT2D eigenvalue weighted by molar-refractivity contribution is 6.01. The lowest BCUT2D eigenvalue weighted by atomic mass is 9.86. The van der Waals surface area contributed by atoms with Gasteiger partial charge in [0.25, 0.3) is 0 Å². The smallest absolute Gasteiger partial charge is 0.323 e. The maximum atomic E-state index is 12.1. The van der Waals surface area contributed by atoms with Gasteiger partial charge in [0, 0.05) is 17.3 Å². The lowest BCUT2D eigenvalue weighted by Crippen LogP contribution is -2.20. The third-order valence-electron chi connectivity index (χ3n) is 3.41. The van der Waals surface area contributed by atoms with Crippen LogP contribution >= 0.6 is 0 Å². The molecule has 0 fully saturated rings. The summed E-state index contributed by atoms with van der Waals surface area (Å²) in [6.07, 6.45) is 0. The fraction of sp³-hybridized carbons (Fsp3) is 0.278. The van der Waals surface area contributed by atoms with Crippen molar-refractivity contribution in [2.24, 2.45) is 0 Å². The molecule has 0 heterocycles. The maximum Gasteiger partial charge on any atom is 0.323 e. The van der Waals surface area contributed by atoms with Crippen LogP contribution in [0, 0.1) is 0 Å². The number of carbonyl (C=O) groups excluding carboxylic acids is 1. The summed E-state index contributed by atoms with van der Waals surface area (Å²) in [5.74, 6) is 0.615. The Balaban J connectivity index is 2.27. The number of hydrogen-bond acceptors (Lipinski definition) is 3. The Bertz CT molecular complexity index is 691. The Kier molecular flexibility index (Phi) is 4.79. The van der Waals surface area contributed by atoms with Crippen LogP contribution in [0.25, 0.3) is 0 Å². The number of phenols is 1. The quantitative estimate of drug-likeness (QED) is 0.738. The number of methoxy groups -OCH3 is 1. The number of phenolic OH excluding ortho intramolecular Hbond substituents is 1. The molecule has 0 aromatic heterocycles. The Morgan fingerprint density at radius 3 is 2.30 bits per heavy atom. The highest BCUT2D eigenvalue weighted by Gasteiger charge is 2.22. The molecule has 2 rings (SSSR count). The van der Waals surface area contributed by atoms with Crippen LogP contribution < -0.4 is 15.4 Å². The lowest BCUT2D eigenvalue weighted by molar-refractivity contribution is 0.262. The Morgan fingerprint density at radius 2 is 1.74 bits per heavy atom. The number of rotatable bonds is 3. The molecule has 0 atom stereocenters. The molecule has 0 radical (unpaired) electrons. The standard InChI is InChI=1S/C18H22N2O3/c1-18(2,3)14-10-13(23-4)11-15(16(14)21)20-17(22)19-12-8-6-5-7-9-12/h5-11,21H,1-4H3,(H2,19,20,22). The first-order chi connectivity index (χ1) is 10.8. The number of aromatic hydroxyl groups is 1. The van der Waals surface area contributed by atoms with E-state index < -0.39 is 6.03 Å². The average molecular weight is 314 g/mol. The predicted octanol–water partition coefficient (Wildman–Crippen LogP) is 4.34. The van der Waals surface area contributed by atoms with Gasteiger partial charge in [-0.25, -0.2) is 4.79 Å². The van der Waals surface area contributed by atoms with Crippen LogP contribution in [0.5, 0.6) is 11.5 Å². The second-order valence-electron chi connectivity index (χ2n) is 6.27. The minimum atomic E-state index is -0.431. The molecule has 2 aromatic carbocycles. The predicted molar refractivity (Wildman–Crippen MR) is 92.4 cm³/mol. The zero-order valence-electron chi connectivity index (χ0n) is 13.8. The molecular weight excluding hydrogens is 292 g/mol. The molecule has 5 nitrogen and oxygen atoms in total. The summed E-state index contributed by atoms with van der Waals surface area (Å²) in [5.41, 5.74) is 1.39. The number of anilines is 2. The number of hydrogen-bond donors (Lipinski definition) is 3. The van der Waals surface area contributed by atoms with Gasteiger partial charge in [-0.05, 0) is 23.6 Å². The highest BCUT2D eigenvalue weighted by Crippen LogP contribution is 2.39. The van der Waals surface area contributed by atoms with E-state index in [4.69, 9.17) is 4.74 Å². The summed E-state index contributed by atoms with van der Waals surface area (Å²) in [7, 11) is 1.55. The van der Waals surface area contributed by atoms with Crippen molar-refractivity contribution in [1.82, 2.24) is 0 Å². The van der Waals surface area contributed by atoms with E-state index in [0.29, 0.717) is 22.7 Å². The maximum absolute atomic E-state index is 12.1. The molecule has 0 aliphatic rings. The van der Waals surface area contributed by atoms with E-state index in [1.54, 1.807) is 31.4 Å². The van der Waals surface area contributed by atoms with Crippen LogP contribution in [0.3, 0.4) is 0 Å². The van der Waals surface area contributed by atoms with Gasteiger partial charge in [-0.2, -0.15) is 0 Å². The number of urea groups is 1. The van der Waals surface area contributed by atoms with Crippen molar-refractivity contribution in [3.63, 3.8) is 0 Å². The van der Waals surface area contributed by atoms with Crippen LogP contribution in [0.2, 0.25) is 0 Å². The third kappa shape index (κ3) is 4.16. The van der Waals surface area contributed by atoms with E-state index >= 15 is 0 Å². The highest BCUT2D eigenvalue weighted by atomic mass is 16.5. The first-order valence-corrected chi connectivity index (χ1v) is 7.36. The van der Waals surface area contributed by atoms with Crippen LogP contribution in [0.4, 0.5) is 16.2 Å². The minimum Gasteiger partial charge on any atom is -0.505 e. The fourth-order valence-electron chi connectivity index (χ4n) is 2.20. The Hall–Kier alpha value is -2.69. The topological polar surface area (TPSA) is 70.6 Å². The molecule has 0 bridgehead atoms. The zero-order chi connectivity index (χ0) is 17.0. The molecule has 2 amide bonds. The third-order valence-corrected chi connectivity index (χ3v) is 3.41. The van der Waals surface area contributed by atoms with Crippen LogP contribution in [0.1, 0.15) is 26.3 Å². The number of para-hydroxylation sites is 1. The second kappa shape index (κ2) is 6.60. The summed E-state index contributed by atoms with van der Waals surface area (Å²) >= 11 is 0. The zero-order valence-corrected chi connectivity index (χ0v) is 13.8. The van der Waals surface area contributed by atoms with E-state index in [-0.39, 0.29) is 11.2 Å². The van der Waals surface area contributed by atoms with E-state index in [0.717, 1.165) is 0 Å². The molecule has 23 heavy (non-hydrogen) atoms. The Labute approximate surface area is 136 Å². The van der Waals surface area contributed by atoms with E-state index in [1.807, 2.05) is 39.0 Å². The van der Waals surface area contributed by atoms with Gasteiger partial charge < -0.3 is 20.5 Å².